The quantitative estimate of drug-likeness (QED) is 0.691. The van der Waals surface area contributed by atoms with E-state index in [0.717, 1.165) is 11.3 Å². The molecule has 0 aromatic heterocycles. The third kappa shape index (κ3) is 5.17. The summed E-state index contributed by atoms with van der Waals surface area (Å²) in [7, 11) is 1.37. The molecule has 0 spiro atoms. The van der Waals surface area contributed by atoms with E-state index in [1.807, 2.05) is 55.5 Å². The van der Waals surface area contributed by atoms with Crippen LogP contribution in [0.4, 0.5) is 0 Å². The Hall–Kier alpha value is -2.20. The fourth-order valence-electron chi connectivity index (χ4n) is 2.06. The highest BCUT2D eigenvalue weighted by Gasteiger charge is 2.22. The smallest absolute Gasteiger partial charge is 0.312 e. The van der Waals surface area contributed by atoms with Crippen LogP contribution >= 0.6 is 11.6 Å². The molecular weight excluding hydrogens is 328 g/mol. The van der Waals surface area contributed by atoms with Crippen LogP contribution in [-0.2, 0) is 16.1 Å². The number of rotatable bonds is 7. The second kappa shape index (κ2) is 8.60. The maximum absolute atomic E-state index is 11.5. The van der Waals surface area contributed by atoms with Crippen LogP contribution in [0.25, 0.3) is 0 Å². The summed E-state index contributed by atoms with van der Waals surface area (Å²) in [5.41, 5.74) is 1.04. The van der Waals surface area contributed by atoms with Gasteiger partial charge in [0.2, 0.25) is 0 Å². The summed E-state index contributed by atoms with van der Waals surface area (Å²) in [6.45, 7) is 4.08. The van der Waals surface area contributed by atoms with Gasteiger partial charge < -0.3 is 14.2 Å². The first-order valence-electron chi connectivity index (χ1n) is 7.71. The zero-order chi connectivity index (χ0) is 17.5. The highest BCUT2D eigenvalue weighted by Crippen LogP contribution is 2.21. The van der Waals surface area contributed by atoms with E-state index < -0.39 is 0 Å². The predicted molar refractivity (Wildman–Crippen MR) is 93.5 cm³/mol. The molecule has 0 saturated heterocycles. The van der Waals surface area contributed by atoms with Crippen molar-refractivity contribution < 1.29 is 19.0 Å². The van der Waals surface area contributed by atoms with Gasteiger partial charge in [0.15, 0.2) is 0 Å². The molecule has 2 rings (SSSR count). The average Bonchev–Trinajstić information content (AvgIpc) is 2.61. The first-order valence-corrected chi connectivity index (χ1v) is 8.09. The zero-order valence-electron chi connectivity index (χ0n) is 14.0. The number of hydrogen-bond donors (Lipinski definition) is 0. The van der Waals surface area contributed by atoms with Crippen LogP contribution < -0.4 is 9.47 Å². The summed E-state index contributed by atoms with van der Waals surface area (Å²) in [5, 5.41) is 0.704. The lowest BCUT2D eigenvalue weighted by Gasteiger charge is -2.19. The molecule has 128 valence electrons. The molecule has 2 unspecified atom stereocenters. The topological polar surface area (TPSA) is 44.8 Å². The van der Waals surface area contributed by atoms with Crippen molar-refractivity contribution in [2.24, 2.45) is 5.92 Å². The number of benzene rings is 2. The lowest BCUT2D eigenvalue weighted by atomic mass is 10.1. The fourth-order valence-corrected chi connectivity index (χ4v) is 2.18. The van der Waals surface area contributed by atoms with Crippen molar-refractivity contribution in [3.63, 3.8) is 0 Å². The summed E-state index contributed by atoms with van der Waals surface area (Å²) in [6.07, 6.45) is -0.279. The molecule has 0 fully saturated rings. The molecule has 0 heterocycles. The Kier molecular flexibility index (Phi) is 6.50. The minimum atomic E-state index is -0.337. The number of esters is 1. The molecule has 2 aromatic carbocycles. The van der Waals surface area contributed by atoms with Crippen LogP contribution in [0.5, 0.6) is 11.5 Å². The van der Waals surface area contributed by atoms with Crippen molar-refractivity contribution in [2.75, 3.05) is 7.11 Å². The molecule has 2 aromatic rings. The van der Waals surface area contributed by atoms with E-state index in [1.165, 1.54) is 7.11 Å². The molecule has 0 amide bonds. The van der Waals surface area contributed by atoms with Gasteiger partial charge in [0.25, 0.3) is 0 Å². The van der Waals surface area contributed by atoms with Crippen molar-refractivity contribution in [1.82, 2.24) is 0 Å². The minimum absolute atomic E-state index is 0.279. The normalized spacial score (nSPS) is 13.0. The van der Waals surface area contributed by atoms with E-state index >= 15 is 0 Å². The molecule has 0 aliphatic heterocycles. The lowest BCUT2D eigenvalue weighted by molar-refractivity contribution is -0.147. The SMILES string of the molecule is COC(=O)C(C)C(C)Oc1ccc(OCc2ccc(Cl)cc2)cc1. The Labute approximate surface area is 147 Å². The largest absolute Gasteiger partial charge is 0.490 e. The standard InChI is InChI=1S/C19H21ClO4/c1-13(19(21)22-3)14(2)24-18-10-8-17(9-11-18)23-12-15-4-6-16(20)7-5-15/h4-11,13-14H,12H2,1-3H3. The number of carbonyl (C=O) groups excluding carboxylic acids is 1. The summed E-state index contributed by atoms with van der Waals surface area (Å²) < 4.78 is 16.2. The molecule has 0 N–H and O–H groups in total. The average molecular weight is 349 g/mol. The maximum Gasteiger partial charge on any atom is 0.312 e. The first-order chi connectivity index (χ1) is 11.5. The Balaban J connectivity index is 1.88. The van der Waals surface area contributed by atoms with E-state index in [2.05, 4.69) is 0 Å². The number of halogens is 1. The molecule has 5 heteroatoms. The minimum Gasteiger partial charge on any atom is -0.490 e. The molecule has 4 nitrogen and oxygen atoms in total. The van der Waals surface area contributed by atoms with E-state index in [1.54, 1.807) is 6.92 Å². The van der Waals surface area contributed by atoms with E-state index in [-0.39, 0.29) is 18.0 Å². The monoisotopic (exact) mass is 348 g/mol. The van der Waals surface area contributed by atoms with E-state index in [0.29, 0.717) is 17.4 Å². The molecule has 0 bridgehead atoms. The number of methoxy groups -OCH3 is 1. The third-order valence-electron chi connectivity index (χ3n) is 3.74. The highest BCUT2D eigenvalue weighted by molar-refractivity contribution is 6.30. The van der Waals surface area contributed by atoms with Gasteiger partial charge in [0.1, 0.15) is 24.2 Å². The summed E-state index contributed by atoms with van der Waals surface area (Å²) in [4.78, 5) is 11.5. The van der Waals surface area contributed by atoms with Crippen LogP contribution in [0.1, 0.15) is 19.4 Å². The Morgan fingerprint density at radius 3 is 2.17 bits per heavy atom. The Morgan fingerprint density at radius 2 is 1.58 bits per heavy atom. The molecular formula is C19H21ClO4. The molecule has 0 aliphatic rings. The van der Waals surface area contributed by atoms with E-state index in [9.17, 15) is 4.79 Å². The Morgan fingerprint density at radius 1 is 1.00 bits per heavy atom. The summed E-state index contributed by atoms with van der Waals surface area (Å²) in [6, 6.07) is 14.8. The molecule has 0 aliphatic carbocycles. The summed E-state index contributed by atoms with van der Waals surface area (Å²) in [5.74, 6) is 0.796. The summed E-state index contributed by atoms with van der Waals surface area (Å²) >= 11 is 5.86. The van der Waals surface area contributed by atoms with Crippen molar-refractivity contribution in [3.8, 4) is 11.5 Å². The van der Waals surface area contributed by atoms with Gasteiger partial charge in [-0.3, -0.25) is 4.79 Å². The van der Waals surface area contributed by atoms with Crippen LogP contribution in [0, 0.1) is 5.92 Å². The number of ether oxygens (including phenoxy) is 3. The van der Waals surface area contributed by atoms with Gasteiger partial charge in [0, 0.05) is 5.02 Å². The second-order valence-electron chi connectivity index (χ2n) is 5.52. The maximum atomic E-state index is 11.5. The number of hydrogen-bond acceptors (Lipinski definition) is 4. The van der Waals surface area contributed by atoms with Crippen molar-refractivity contribution >= 4 is 17.6 Å². The fraction of sp³-hybridized carbons (Fsp3) is 0.316. The van der Waals surface area contributed by atoms with Gasteiger partial charge in [-0.2, -0.15) is 0 Å². The lowest BCUT2D eigenvalue weighted by Crippen LogP contribution is -2.29. The van der Waals surface area contributed by atoms with Crippen molar-refractivity contribution in [2.45, 2.75) is 26.6 Å². The molecule has 24 heavy (non-hydrogen) atoms. The predicted octanol–water partition coefficient (Wildman–Crippen LogP) is 4.50. The van der Waals surface area contributed by atoms with Gasteiger partial charge in [-0.25, -0.2) is 0 Å². The van der Waals surface area contributed by atoms with Gasteiger partial charge in [-0.15, -0.1) is 0 Å². The highest BCUT2D eigenvalue weighted by atomic mass is 35.5. The van der Waals surface area contributed by atoms with Gasteiger partial charge >= 0.3 is 5.97 Å². The van der Waals surface area contributed by atoms with Crippen LogP contribution in [0.15, 0.2) is 48.5 Å². The van der Waals surface area contributed by atoms with Gasteiger partial charge in [-0.1, -0.05) is 23.7 Å². The Bertz CT molecular complexity index is 652. The molecule has 2 atom stereocenters. The van der Waals surface area contributed by atoms with Gasteiger partial charge in [0.05, 0.1) is 13.0 Å². The van der Waals surface area contributed by atoms with E-state index in [4.69, 9.17) is 25.8 Å². The molecule has 0 saturated carbocycles. The number of carbonyl (C=O) groups is 1. The third-order valence-corrected chi connectivity index (χ3v) is 3.99. The van der Waals surface area contributed by atoms with Crippen LogP contribution in [-0.4, -0.2) is 19.2 Å². The molecule has 0 radical (unpaired) electrons. The van der Waals surface area contributed by atoms with Crippen molar-refractivity contribution in [3.05, 3.63) is 59.1 Å². The van der Waals surface area contributed by atoms with Gasteiger partial charge in [-0.05, 0) is 55.8 Å². The first kappa shape index (κ1) is 18.1. The second-order valence-corrected chi connectivity index (χ2v) is 5.96. The van der Waals surface area contributed by atoms with Crippen LogP contribution in [0.3, 0.4) is 0 Å². The van der Waals surface area contributed by atoms with Crippen molar-refractivity contribution in [1.29, 1.82) is 0 Å². The zero-order valence-corrected chi connectivity index (χ0v) is 14.7. The van der Waals surface area contributed by atoms with Crippen LogP contribution in [0.2, 0.25) is 5.02 Å².